The Morgan fingerprint density at radius 3 is 1.90 bits per heavy atom. The Kier molecular flexibility index (Phi) is 13.2. The summed E-state index contributed by atoms with van der Waals surface area (Å²) in [5, 5.41) is 0. The van der Waals surface area contributed by atoms with Crippen molar-refractivity contribution in [1.29, 1.82) is 0 Å². The lowest BCUT2D eigenvalue weighted by Crippen LogP contribution is -2.21. The first-order valence-electron chi connectivity index (χ1n) is 6.80. The summed E-state index contributed by atoms with van der Waals surface area (Å²) in [4.78, 5) is 0. The molecule has 0 amide bonds. The van der Waals surface area contributed by atoms with Crippen LogP contribution in [0.1, 0.15) is 58.8 Å². The first kappa shape index (κ1) is 22.4. The van der Waals surface area contributed by atoms with Gasteiger partial charge in [-0.3, -0.25) is 4.55 Å². The van der Waals surface area contributed by atoms with Crippen LogP contribution in [0.3, 0.4) is 0 Å². The van der Waals surface area contributed by atoms with Gasteiger partial charge in [-0.1, -0.05) is 52.4 Å². The van der Waals surface area contributed by atoms with Gasteiger partial charge in [0.2, 0.25) is 0 Å². The fraction of sp³-hybridized carbons (Fsp3) is 1.00. The zero-order valence-corrected chi connectivity index (χ0v) is 14.1. The largest absolute Gasteiger partial charge is 0.522 e. The highest BCUT2D eigenvalue weighted by Crippen LogP contribution is 2.20. The van der Waals surface area contributed by atoms with Crippen molar-refractivity contribution in [2.24, 2.45) is 5.92 Å². The topological polar surface area (TPSA) is 54.4 Å². The molecule has 1 N–H and O–H groups in total. The zero-order chi connectivity index (χ0) is 16.2. The highest BCUT2D eigenvalue weighted by Gasteiger charge is 2.44. The minimum absolute atomic E-state index is 0.948. The van der Waals surface area contributed by atoms with Crippen LogP contribution in [-0.2, 0) is 10.1 Å². The second-order valence-electron chi connectivity index (χ2n) is 4.81. The lowest BCUT2D eigenvalue weighted by Gasteiger charge is -2.08. The van der Waals surface area contributed by atoms with E-state index in [4.69, 9.17) is 13.0 Å². The molecule has 0 heterocycles. The van der Waals surface area contributed by atoms with Gasteiger partial charge in [0, 0.05) is 0 Å². The van der Waals surface area contributed by atoms with E-state index >= 15 is 0 Å². The molecule has 0 aliphatic heterocycles. The summed E-state index contributed by atoms with van der Waals surface area (Å²) in [6, 6.07) is 0. The average molecular weight is 338 g/mol. The summed E-state index contributed by atoms with van der Waals surface area (Å²) in [5.74, 6) is 0.948. The molecule has 20 heavy (non-hydrogen) atoms. The number of hydrogen-bond acceptors (Lipinski definition) is 2. The van der Waals surface area contributed by atoms with Gasteiger partial charge in [-0.15, -0.1) is 9.24 Å². The Hall–Kier alpha value is 0.130. The maximum absolute atomic E-state index is 10.7. The lowest BCUT2D eigenvalue weighted by atomic mass is 10.00. The number of alkyl halides is 3. The van der Waals surface area contributed by atoms with E-state index in [0.717, 1.165) is 5.92 Å². The molecular formula is C12H26F3O3PS. The van der Waals surface area contributed by atoms with Crippen LogP contribution in [0, 0.1) is 5.92 Å². The molecule has 124 valence electrons. The molecule has 0 rings (SSSR count). The van der Waals surface area contributed by atoms with Gasteiger partial charge in [0.1, 0.15) is 0 Å². The minimum atomic E-state index is -5.84. The summed E-state index contributed by atoms with van der Waals surface area (Å²) in [6.45, 7) is 4.65. The average Bonchev–Trinajstić information content (AvgIpc) is 2.27. The van der Waals surface area contributed by atoms with Gasteiger partial charge in [-0.25, -0.2) is 0 Å². The van der Waals surface area contributed by atoms with E-state index < -0.39 is 15.6 Å². The van der Waals surface area contributed by atoms with Crippen LogP contribution < -0.4 is 0 Å². The first-order chi connectivity index (χ1) is 9.06. The Balaban J connectivity index is 0. The summed E-state index contributed by atoms with van der Waals surface area (Å²) in [5.41, 5.74) is -5.53. The quantitative estimate of drug-likeness (QED) is 0.303. The highest BCUT2D eigenvalue weighted by atomic mass is 32.2. The van der Waals surface area contributed by atoms with Crippen molar-refractivity contribution >= 4 is 19.4 Å². The fourth-order valence-corrected chi connectivity index (χ4v) is 2.09. The van der Waals surface area contributed by atoms with E-state index in [9.17, 15) is 13.2 Å². The van der Waals surface area contributed by atoms with E-state index in [-0.39, 0.29) is 0 Å². The molecule has 0 radical (unpaired) electrons. The Bertz CT molecular complexity index is 318. The van der Waals surface area contributed by atoms with Gasteiger partial charge in [-0.05, 0) is 18.5 Å². The van der Waals surface area contributed by atoms with Crippen LogP contribution in [0.25, 0.3) is 0 Å². The molecule has 2 unspecified atom stereocenters. The van der Waals surface area contributed by atoms with Crippen LogP contribution in [0.15, 0.2) is 0 Å². The molecule has 0 bridgehead atoms. The SMILES string of the molecule is CCCCCCCC(C)CCP.O=S(=O)(O)C(F)(F)F. The molecule has 0 saturated heterocycles. The van der Waals surface area contributed by atoms with Crippen LogP contribution >= 0.6 is 9.24 Å². The van der Waals surface area contributed by atoms with Gasteiger partial charge in [-0.2, -0.15) is 21.6 Å². The highest BCUT2D eigenvalue weighted by molar-refractivity contribution is 7.86. The Morgan fingerprint density at radius 1 is 1.10 bits per heavy atom. The second-order valence-corrected chi connectivity index (χ2v) is 6.80. The predicted molar refractivity (Wildman–Crippen MR) is 79.3 cm³/mol. The van der Waals surface area contributed by atoms with Gasteiger partial charge in [0.25, 0.3) is 0 Å². The number of rotatable bonds is 8. The number of hydrogen-bond donors (Lipinski definition) is 1. The maximum Gasteiger partial charge on any atom is 0.522 e. The molecule has 0 aromatic rings. The van der Waals surface area contributed by atoms with E-state index in [1.54, 1.807) is 0 Å². The molecule has 0 aromatic heterocycles. The summed E-state index contributed by atoms with van der Waals surface area (Å²) in [7, 11) is -3.02. The van der Waals surface area contributed by atoms with Gasteiger partial charge in [0.05, 0.1) is 0 Å². The molecule has 0 aliphatic carbocycles. The predicted octanol–water partition coefficient (Wildman–Crippen LogP) is 4.64. The van der Waals surface area contributed by atoms with E-state index in [2.05, 4.69) is 23.1 Å². The molecule has 3 nitrogen and oxygen atoms in total. The van der Waals surface area contributed by atoms with Crippen LogP contribution in [0.2, 0.25) is 0 Å². The van der Waals surface area contributed by atoms with Gasteiger partial charge in [0.15, 0.2) is 0 Å². The van der Waals surface area contributed by atoms with Crippen molar-refractivity contribution in [3.05, 3.63) is 0 Å². The maximum atomic E-state index is 10.7. The molecule has 0 saturated carbocycles. The molecular weight excluding hydrogens is 312 g/mol. The first-order valence-corrected chi connectivity index (χ1v) is 9.05. The van der Waals surface area contributed by atoms with Crippen molar-refractivity contribution in [2.45, 2.75) is 64.3 Å². The Labute approximate surface area is 122 Å². The van der Waals surface area contributed by atoms with E-state index in [1.165, 1.54) is 51.1 Å². The summed E-state index contributed by atoms with van der Waals surface area (Å²) >= 11 is 0. The van der Waals surface area contributed by atoms with Gasteiger partial charge >= 0.3 is 15.6 Å². The molecule has 0 spiro atoms. The second kappa shape index (κ2) is 11.8. The smallest absolute Gasteiger partial charge is 0.279 e. The number of halogens is 3. The van der Waals surface area contributed by atoms with Crippen molar-refractivity contribution in [3.8, 4) is 0 Å². The Morgan fingerprint density at radius 2 is 1.55 bits per heavy atom. The van der Waals surface area contributed by atoms with Crippen molar-refractivity contribution in [3.63, 3.8) is 0 Å². The van der Waals surface area contributed by atoms with E-state index in [1.807, 2.05) is 0 Å². The molecule has 0 aromatic carbocycles. The van der Waals surface area contributed by atoms with Crippen molar-refractivity contribution < 1.29 is 26.1 Å². The monoisotopic (exact) mass is 338 g/mol. The van der Waals surface area contributed by atoms with E-state index in [0.29, 0.717) is 0 Å². The van der Waals surface area contributed by atoms with Crippen LogP contribution in [0.4, 0.5) is 13.2 Å². The zero-order valence-electron chi connectivity index (χ0n) is 12.1. The molecule has 8 heteroatoms. The van der Waals surface area contributed by atoms with Crippen molar-refractivity contribution in [2.75, 3.05) is 6.16 Å². The number of unbranched alkanes of at least 4 members (excludes halogenated alkanes) is 4. The summed E-state index contributed by atoms with van der Waals surface area (Å²) in [6.07, 6.45) is 11.2. The normalized spacial score (nSPS) is 13.6. The van der Waals surface area contributed by atoms with Crippen molar-refractivity contribution in [1.82, 2.24) is 0 Å². The van der Waals surface area contributed by atoms with Crippen LogP contribution in [-0.4, -0.2) is 24.6 Å². The molecule has 0 fully saturated rings. The third-order valence-electron chi connectivity index (χ3n) is 2.75. The lowest BCUT2D eigenvalue weighted by molar-refractivity contribution is -0.0510. The standard InChI is InChI=1S/C11H25P.CHF3O3S/c1-3-4-5-6-7-8-11(2)9-10-12;2-1(3,4)8(5,6)7/h11H,3-10,12H2,1-2H3;(H,5,6,7). The summed E-state index contributed by atoms with van der Waals surface area (Å²) < 4.78 is 57.5. The fourth-order valence-electron chi connectivity index (χ4n) is 1.53. The van der Waals surface area contributed by atoms with Crippen LogP contribution in [0.5, 0.6) is 0 Å². The third kappa shape index (κ3) is 14.5. The minimum Gasteiger partial charge on any atom is -0.279 e. The van der Waals surface area contributed by atoms with Gasteiger partial charge < -0.3 is 0 Å². The third-order valence-corrected chi connectivity index (χ3v) is 3.67. The molecule has 0 aliphatic rings. The molecule has 2 atom stereocenters.